The molecule has 180 valence electrons. The van der Waals surface area contributed by atoms with Crippen LogP contribution < -0.4 is 10.6 Å². The number of guanidine groups is 1. The van der Waals surface area contributed by atoms with E-state index < -0.39 is 0 Å². The zero-order chi connectivity index (χ0) is 21.9. The highest BCUT2D eigenvalue weighted by Crippen LogP contribution is 2.05. The van der Waals surface area contributed by atoms with Crippen molar-refractivity contribution in [2.75, 3.05) is 52.5 Å². The van der Waals surface area contributed by atoms with Gasteiger partial charge in [-0.25, -0.2) is 4.99 Å². The summed E-state index contributed by atoms with van der Waals surface area (Å²) in [4.78, 5) is 9.69. The second kappa shape index (κ2) is 15.0. The summed E-state index contributed by atoms with van der Waals surface area (Å²) in [5, 5.41) is 15.3. The molecule has 2 rings (SSSR count). The Bertz CT molecular complexity index is 635. The topological polar surface area (TPSA) is 82.8 Å². The van der Waals surface area contributed by atoms with Gasteiger partial charge in [0, 0.05) is 58.4 Å². The molecule has 0 bridgehead atoms. The molecule has 31 heavy (non-hydrogen) atoms. The smallest absolute Gasteiger partial charge is 0.191 e. The van der Waals surface area contributed by atoms with Crippen molar-refractivity contribution >= 4 is 29.9 Å². The highest BCUT2D eigenvalue weighted by Gasteiger charge is 2.13. The summed E-state index contributed by atoms with van der Waals surface area (Å²) in [6, 6.07) is 1.12. The normalized spacial score (nSPS) is 15.6. The van der Waals surface area contributed by atoms with E-state index >= 15 is 0 Å². The largest absolute Gasteiger partial charge is 0.379 e. The van der Waals surface area contributed by atoms with Gasteiger partial charge in [0.2, 0.25) is 0 Å². The van der Waals surface area contributed by atoms with E-state index in [2.05, 4.69) is 58.3 Å². The number of aromatic nitrogens is 3. The van der Waals surface area contributed by atoms with Crippen LogP contribution in [-0.2, 0) is 18.3 Å². The van der Waals surface area contributed by atoms with Crippen molar-refractivity contribution in [2.24, 2.45) is 12.0 Å². The Hall–Kier alpha value is -0.980. The lowest BCUT2D eigenvalue weighted by molar-refractivity contribution is 0.0389. The van der Waals surface area contributed by atoms with Crippen molar-refractivity contribution in [1.82, 2.24) is 35.2 Å². The Morgan fingerprint density at radius 2 is 1.74 bits per heavy atom. The fourth-order valence-electron chi connectivity index (χ4n) is 3.65. The van der Waals surface area contributed by atoms with Crippen LogP contribution in [0.1, 0.15) is 45.8 Å². The first-order chi connectivity index (χ1) is 14.4. The summed E-state index contributed by atoms with van der Waals surface area (Å²) in [7, 11) is 1.98. The van der Waals surface area contributed by atoms with E-state index in [-0.39, 0.29) is 24.0 Å². The summed E-state index contributed by atoms with van der Waals surface area (Å²) in [5.74, 6) is 2.61. The molecule has 2 N–H and O–H groups in total. The van der Waals surface area contributed by atoms with Crippen LogP contribution in [0.25, 0.3) is 0 Å². The van der Waals surface area contributed by atoms with Gasteiger partial charge in [-0.05, 0) is 41.0 Å². The number of hydrogen-bond acceptors (Lipinski definition) is 6. The number of aliphatic imine (C=N–C) groups is 1. The molecular weight excluding hydrogens is 507 g/mol. The van der Waals surface area contributed by atoms with Crippen molar-refractivity contribution in [1.29, 1.82) is 0 Å². The Balaban J connectivity index is 0.00000480. The second-order valence-corrected chi connectivity index (χ2v) is 8.47. The Morgan fingerprint density at radius 3 is 2.32 bits per heavy atom. The monoisotopic (exact) mass is 550 g/mol. The molecule has 10 heteroatoms. The van der Waals surface area contributed by atoms with Crippen LogP contribution in [0.3, 0.4) is 0 Å². The zero-order valence-corrected chi connectivity index (χ0v) is 22.6. The first-order valence-corrected chi connectivity index (χ1v) is 11.3. The summed E-state index contributed by atoms with van der Waals surface area (Å²) in [5.41, 5.74) is 0. The number of hydrogen-bond donors (Lipinski definition) is 2. The summed E-state index contributed by atoms with van der Waals surface area (Å²) >= 11 is 0. The molecule has 0 spiro atoms. The van der Waals surface area contributed by atoms with E-state index in [0.717, 1.165) is 76.5 Å². The molecule has 1 aliphatic heterocycles. The van der Waals surface area contributed by atoms with Crippen molar-refractivity contribution in [3.05, 3.63) is 11.6 Å². The molecule has 0 radical (unpaired) electrons. The number of nitrogens with zero attached hydrogens (tertiary/aromatic N) is 6. The quantitative estimate of drug-likeness (QED) is 0.188. The summed E-state index contributed by atoms with van der Waals surface area (Å²) in [6.07, 6.45) is 1.07. The van der Waals surface area contributed by atoms with E-state index in [0.29, 0.717) is 18.6 Å². The van der Waals surface area contributed by atoms with E-state index in [9.17, 15) is 0 Å². The third kappa shape index (κ3) is 10.0. The molecule has 1 fully saturated rings. The van der Waals surface area contributed by atoms with E-state index in [1.807, 2.05) is 18.5 Å². The second-order valence-electron chi connectivity index (χ2n) is 8.47. The third-order valence-electron chi connectivity index (χ3n) is 5.60. The van der Waals surface area contributed by atoms with Crippen molar-refractivity contribution in [3.63, 3.8) is 0 Å². The van der Waals surface area contributed by atoms with Crippen molar-refractivity contribution < 1.29 is 4.74 Å². The van der Waals surface area contributed by atoms with Gasteiger partial charge in [0.15, 0.2) is 11.8 Å². The number of nitrogens with one attached hydrogen (secondary N) is 2. The number of halogens is 1. The van der Waals surface area contributed by atoms with Gasteiger partial charge in [-0.15, -0.1) is 34.2 Å². The number of aryl methyl sites for hydroxylation is 1. The molecule has 1 aromatic heterocycles. The maximum absolute atomic E-state index is 5.43. The molecule has 0 unspecified atom stereocenters. The van der Waals surface area contributed by atoms with Crippen LogP contribution in [-0.4, -0.2) is 95.1 Å². The average Bonchev–Trinajstić information content (AvgIpc) is 3.03. The lowest BCUT2D eigenvalue weighted by Crippen LogP contribution is -2.45. The summed E-state index contributed by atoms with van der Waals surface area (Å²) in [6.45, 7) is 19.0. The van der Waals surface area contributed by atoms with Gasteiger partial charge in [-0.1, -0.05) is 0 Å². The van der Waals surface area contributed by atoms with Crippen molar-refractivity contribution in [3.8, 4) is 0 Å². The average molecular weight is 551 g/mol. The first-order valence-electron chi connectivity index (χ1n) is 11.3. The zero-order valence-electron chi connectivity index (χ0n) is 20.2. The molecule has 1 aromatic rings. The van der Waals surface area contributed by atoms with Crippen LogP contribution >= 0.6 is 24.0 Å². The van der Waals surface area contributed by atoms with Gasteiger partial charge in [-0.2, -0.15) is 0 Å². The molecule has 1 aliphatic rings. The van der Waals surface area contributed by atoms with E-state index in [4.69, 9.17) is 9.73 Å². The molecule has 0 aliphatic carbocycles. The molecule has 0 saturated carbocycles. The van der Waals surface area contributed by atoms with Crippen LogP contribution in [0, 0.1) is 6.92 Å². The Morgan fingerprint density at radius 1 is 1.10 bits per heavy atom. The van der Waals surface area contributed by atoms with Gasteiger partial charge >= 0.3 is 0 Å². The minimum absolute atomic E-state index is 0. The number of rotatable bonds is 11. The molecule has 9 nitrogen and oxygen atoms in total. The van der Waals surface area contributed by atoms with Crippen LogP contribution in [0.5, 0.6) is 0 Å². The van der Waals surface area contributed by atoms with E-state index in [1.54, 1.807) is 0 Å². The Kier molecular flexibility index (Phi) is 13.5. The van der Waals surface area contributed by atoms with Crippen LogP contribution in [0.2, 0.25) is 0 Å². The lowest BCUT2D eigenvalue weighted by Gasteiger charge is -2.30. The maximum Gasteiger partial charge on any atom is 0.191 e. The Labute approximate surface area is 205 Å². The standard InChI is InChI=1S/C21H42N8O.HI/c1-17(2)29(18(3)4)10-7-8-22-21(23-9-11-28-12-14-30-15-13-28)24-16-20-26-25-19(5)27(20)6;/h17-18H,7-16H2,1-6H3,(H2,22,23,24);1H. The highest BCUT2D eigenvalue weighted by molar-refractivity contribution is 14.0. The van der Waals surface area contributed by atoms with Gasteiger partial charge in [0.25, 0.3) is 0 Å². The molecule has 0 aromatic carbocycles. The van der Waals surface area contributed by atoms with Gasteiger partial charge < -0.3 is 19.9 Å². The molecule has 0 atom stereocenters. The van der Waals surface area contributed by atoms with Gasteiger partial charge in [0.05, 0.1) is 13.2 Å². The SMILES string of the molecule is Cc1nnc(CN=C(NCCCN(C(C)C)C(C)C)NCCN2CCOCC2)n1C.I. The maximum atomic E-state index is 5.43. The van der Waals surface area contributed by atoms with Crippen molar-refractivity contribution in [2.45, 2.75) is 59.7 Å². The van der Waals surface area contributed by atoms with Gasteiger partial charge in [0.1, 0.15) is 12.4 Å². The molecule has 0 amide bonds. The van der Waals surface area contributed by atoms with E-state index in [1.165, 1.54) is 0 Å². The fourth-order valence-corrected chi connectivity index (χ4v) is 3.65. The highest BCUT2D eigenvalue weighted by atomic mass is 127. The molecule has 1 saturated heterocycles. The number of morpholine rings is 1. The minimum atomic E-state index is 0. The molecule has 2 heterocycles. The van der Waals surface area contributed by atoms with Crippen LogP contribution in [0.4, 0.5) is 0 Å². The third-order valence-corrected chi connectivity index (χ3v) is 5.60. The van der Waals surface area contributed by atoms with Gasteiger partial charge in [-0.3, -0.25) is 9.80 Å². The summed E-state index contributed by atoms with van der Waals surface area (Å²) < 4.78 is 7.41. The fraction of sp³-hybridized carbons (Fsp3) is 0.857. The first kappa shape index (κ1) is 28.1. The predicted octanol–water partition coefficient (Wildman–Crippen LogP) is 1.62. The minimum Gasteiger partial charge on any atom is -0.379 e. The predicted molar refractivity (Wildman–Crippen MR) is 137 cm³/mol. The van der Waals surface area contributed by atoms with Crippen LogP contribution in [0.15, 0.2) is 4.99 Å². The number of ether oxygens (including phenoxy) is 1. The lowest BCUT2D eigenvalue weighted by atomic mass is 10.2. The molecular formula is C21H43IN8O.